The highest BCUT2D eigenvalue weighted by Gasteiger charge is 2.57. The number of phenolic OH excluding ortho intramolecular Hbond substituents is 1. The van der Waals surface area contributed by atoms with E-state index in [9.17, 15) is 29.8 Å². The monoisotopic (exact) mass is 727 g/mol. The first kappa shape index (κ1) is 33.7. The third kappa shape index (κ3) is 6.90. The molecule has 2 aliphatic heterocycles. The highest BCUT2D eigenvalue weighted by Crippen LogP contribution is 2.52. The molecule has 2 heterocycles. The maximum atomic E-state index is 14.0. The Hall–Kier alpha value is -2.64. The van der Waals surface area contributed by atoms with E-state index in [0.717, 1.165) is 42.4 Å². The minimum atomic E-state index is -1.72. The van der Waals surface area contributed by atoms with Crippen molar-refractivity contribution in [2.75, 3.05) is 12.0 Å². The van der Waals surface area contributed by atoms with E-state index in [1.807, 2.05) is 12.1 Å². The van der Waals surface area contributed by atoms with Crippen LogP contribution in [-0.4, -0.2) is 59.4 Å². The number of anilines is 1. The van der Waals surface area contributed by atoms with Crippen LogP contribution in [0.3, 0.4) is 0 Å². The van der Waals surface area contributed by atoms with Gasteiger partial charge in [0.1, 0.15) is 0 Å². The molecular weight excluding hydrogens is 687 g/mol. The highest BCUT2D eigenvalue weighted by atomic mass is 127. The number of methoxy groups -OCH3 is 1. The number of amides is 2. The van der Waals surface area contributed by atoms with Crippen LogP contribution < -0.4 is 15.1 Å². The molecule has 0 radical (unpaired) electrons. The number of carbonyl (C=O) groups is 2. The molecule has 12 heteroatoms. The zero-order chi connectivity index (χ0) is 32.4. The molecule has 238 valence electrons. The number of phenols is 1. The Morgan fingerprint density at radius 1 is 1.13 bits per heavy atom. The molecule has 5 rings (SSSR count). The summed E-state index contributed by atoms with van der Waals surface area (Å²) in [7, 11) is -1.25. The molecule has 2 aromatic carbocycles. The molecular formula is C33H40B2INO8. The van der Waals surface area contributed by atoms with Crippen LogP contribution in [0.25, 0.3) is 6.08 Å². The molecule has 1 aliphatic carbocycles. The number of aromatic hydroxyl groups is 1. The number of rotatable bonds is 11. The van der Waals surface area contributed by atoms with Crippen molar-refractivity contribution in [1.29, 1.82) is 0 Å². The van der Waals surface area contributed by atoms with E-state index in [2.05, 4.69) is 42.5 Å². The molecule has 45 heavy (non-hydrogen) atoms. The molecule has 2 aromatic rings. The Balaban J connectivity index is 1.45. The van der Waals surface area contributed by atoms with E-state index in [4.69, 9.17) is 9.39 Å². The van der Waals surface area contributed by atoms with Gasteiger partial charge in [-0.2, -0.15) is 0 Å². The zero-order valence-corrected chi connectivity index (χ0v) is 28.1. The summed E-state index contributed by atoms with van der Waals surface area (Å²) in [6.45, 7) is 4.22. The lowest BCUT2D eigenvalue weighted by Gasteiger charge is -2.43. The summed E-state index contributed by atoms with van der Waals surface area (Å²) in [6, 6.07) is 9.97. The first-order valence-corrected chi connectivity index (χ1v) is 16.8. The van der Waals surface area contributed by atoms with Gasteiger partial charge in [-0.3, -0.25) is 14.5 Å². The SMILES string of the molecule is CCCC1=C2[C@@H](CC/C(=C/c3cc(I)c(O)c(OC)c3)CCC)OB(O)C[C@@H]2[C@@H]2C(=O)N(c3cccc(B(O)O)c3)C(=O)[C@@H]2C1. The van der Waals surface area contributed by atoms with Gasteiger partial charge >= 0.3 is 14.2 Å². The second kappa shape index (κ2) is 14.4. The second-order valence-corrected chi connectivity index (χ2v) is 13.4. The van der Waals surface area contributed by atoms with Crippen LogP contribution in [0.1, 0.15) is 64.4 Å². The van der Waals surface area contributed by atoms with Gasteiger partial charge in [-0.05, 0) is 108 Å². The van der Waals surface area contributed by atoms with Crippen molar-refractivity contribution in [1.82, 2.24) is 0 Å². The maximum Gasteiger partial charge on any atom is 0.488 e. The van der Waals surface area contributed by atoms with E-state index in [1.165, 1.54) is 29.7 Å². The molecule has 3 aliphatic rings. The summed E-state index contributed by atoms with van der Waals surface area (Å²) in [5.74, 6) is -1.55. The molecule has 0 unspecified atom stereocenters. The Morgan fingerprint density at radius 3 is 2.60 bits per heavy atom. The Morgan fingerprint density at radius 2 is 1.91 bits per heavy atom. The van der Waals surface area contributed by atoms with Crippen LogP contribution in [0.4, 0.5) is 5.69 Å². The maximum absolute atomic E-state index is 14.0. The van der Waals surface area contributed by atoms with E-state index >= 15 is 0 Å². The average Bonchev–Trinajstić information content (AvgIpc) is 3.26. The fraction of sp³-hybridized carbons (Fsp3) is 0.455. The average molecular weight is 727 g/mol. The summed E-state index contributed by atoms with van der Waals surface area (Å²) in [4.78, 5) is 29.0. The van der Waals surface area contributed by atoms with Gasteiger partial charge in [0, 0.05) is 0 Å². The standard InChI is InChI=1S/C33H40B2INO8/c1-4-7-19(13-20-14-26(36)31(38)28(15-20)44-3)11-12-27-29-21(8-5-2)16-24-30(25(29)18-34(41)45-27)33(40)37(32(24)39)23-10-6-9-22(17-23)35(42)43/h6,9-10,13-15,17,24-25,27,30,38,41-43H,4-5,7-8,11-12,16,18H2,1-3H3/b19-13+/t24-,25+,27-,30-/m1/s1. The van der Waals surface area contributed by atoms with Crippen molar-refractivity contribution in [3.8, 4) is 11.5 Å². The number of nitrogens with zero attached hydrogens (tertiary/aromatic N) is 1. The van der Waals surface area contributed by atoms with E-state index in [-0.39, 0.29) is 41.4 Å². The molecule has 2 saturated heterocycles. The van der Waals surface area contributed by atoms with Crippen molar-refractivity contribution in [3.63, 3.8) is 0 Å². The number of allylic oxidation sites excluding steroid dienone is 2. The number of benzene rings is 2. The quantitative estimate of drug-likeness (QED) is 0.116. The zero-order valence-electron chi connectivity index (χ0n) is 25.9. The van der Waals surface area contributed by atoms with Crippen LogP contribution >= 0.6 is 22.6 Å². The molecule has 0 saturated carbocycles. The van der Waals surface area contributed by atoms with Crippen LogP contribution in [0.5, 0.6) is 11.5 Å². The van der Waals surface area contributed by atoms with E-state index < -0.39 is 26.1 Å². The van der Waals surface area contributed by atoms with Gasteiger partial charge < -0.3 is 29.6 Å². The number of fused-ring (bicyclic) bond motifs is 3. The number of halogens is 1. The van der Waals surface area contributed by atoms with Crippen molar-refractivity contribution in [3.05, 3.63) is 62.3 Å². The fourth-order valence-electron chi connectivity index (χ4n) is 7.36. The largest absolute Gasteiger partial charge is 0.504 e. The van der Waals surface area contributed by atoms with Gasteiger partial charge in [0.15, 0.2) is 11.5 Å². The third-order valence-corrected chi connectivity index (χ3v) is 10.0. The van der Waals surface area contributed by atoms with E-state index in [0.29, 0.717) is 34.3 Å². The summed E-state index contributed by atoms with van der Waals surface area (Å²) < 4.78 is 12.3. The van der Waals surface area contributed by atoms with Crippen LogP contribution in [-0.2, 0) is 14.2 Å². The van der Waals surface area contributed by atoms with Crippen molar-refractivity contribution >= 4 is 65.9 Å². The molecule has 0 aromatic heterocycles. The van der Waals surface area contributed by atoms with Gasteiger partial charge in [-0.25, -0.2) is 0 Å². The molecule has 2 amide bonds. The smallest absolute Gasteiger partial charge is 0.488 e. The topological polar surface area (TPSA) is 137 Å². The highest BCUT2D eigenvalue weighted by molar-refractivity contribution is 14.1. The van der Waals surface area contributed by atoms with Gasteiger partial charge in [0.2, 0.25) is 11.8 Å². The minimum Gasteiger partial charge on any atom is -0.504 e. The third-order valence-electron chi connectivity index (χ3n) is 9.23. The van der Waals surface area contributed by atoms with E-state index in [1.54, 1.807) is 12.1 Å². The number of ether oxygens (including phenoxy) is 1. The number of imide groups is 1. The van der Waals surface area contributed by atoms with Gasteiger partial charge in [0.25, 0.3) is 0 Å². The van der Waals surface area contributed by atoms with Gasteiger partial charge in [0.05, 0.1) is 34.3 Å². The summed E-state index contributed by atoms with van der Waals surface area (Å²) in [5, 5.41) is 40.6. The van der Waals surface area contributed by atoms with Crippen molar-refractivity contribution in [2.24, 2.45) is 17.8 Å². The predicted molar refractivity (Wildman–Crippen MR) is 183 cm³/mol. The molecule has 2 fully saturated rings. The van der Waals surface area contributed by atoms with Gasteiger partial charge in [-0.15, -0.1) is 0 Å². The molecule has 4 atom stereocenters. The van der Waals surface area contributed by atoms with Gasteiger partial charge in [-0.1, -0.05) is 56.0 Å². The minimum absolute atomic E-state index is 0.117. The molecule has 9 nitrogen and oxygen atoms in total. The predicted octanol–water partition coefficient (Wildman–Crippen LogP) is 4.45. The Labute approximate surface area is 278 Å². The first-order valence-electron chi connectivity index (χ1n) is 15.7. The fourth-order valence-corrected chi connectivity index (χ4v) is 7.98. The van der Waals surface area contributed by atoms with Crippen LogP contribution in [0.2, 0.25) is 6.32 Å². The molecule has 0 spiro atoms. The molecule has 0 bridgehead atoms. The molecule has 4 N–H and O–H groups in total. The second-order valence-electron chi connectivity index (χ2n) is 12.2. The summed E-state index contributed by atoms with van der Waals surface area (Å²) in [6.07, 6.45) is 7.25. The summed E-state index contributed by atoms with van der Waals surface area (Å²) >= 11 is 2.09. The first-order chi connectivity index (χ1) is 21.6. The number of hydrogen-bond donors (Lipinski definition) is 4. The Kier molecular flexibility index (Phi) is 10.8. The van der Waals surface area contributed by atoms with Crippen molar-refractivity contribution < 1.29 is 39.2 Å². The number of hydrogen-bond acceptors (Lipinski definition) is 8. The van der Waals surface area contributed by atoms with Crippen LogP contribution in [0.15, 0.2) is 53.1 Å². The van der Waals surface area contributed by atoms with Crippen molar-refractivity contribution in [2.45, 2.75) is 71.2 Å². The normalized spacial score (nSPS) is 23.4. The summed E-state index contributed by atoms with van der Waals surface area (Å²) in [5.41, 5.74) is 4.86. The lowest BCUT2D eigenvalue weighted by atomic mass is 9.58. The number of carbonyl (C=O) groups excluding carboxylic acids is 2. The van der Waals surface area contributed by atoms with Crippen LogP contribution in [0, 0.1) is 21.3 Å². The lowest BCUT2D eigenvalue weighted by Crippen LogP contribution is -2.46. The Bertz CT molecular complexity index is 1510. The lowest BCUT2D eigenvalue weighted by molar-refractivity contribution is -0.122.